The molecule has 0 unspecified atom stereocenters. The van der Waals surface area contributed by atoms with Crippen LogP contribution >= 0.6 is 0 Å². The topological polar surface area (TPSA) is 23.8 Å². The van der Waals surface area contributed by atoms with Crippen LogP contribution in [-0.4, -0.2) is 0 Å². The molecule has 0 aliphatic heterocycles. The summed E-state index contributed by atoms with van der Waals surface area (Å²) >= 11 is 0. The quantitative estimate of drug-likeness (QED) is 0.285. The van der Waals surface area contributed by atoms with Gasteiger partial charge >= 0.3 is 0 Å². The minimum absolute atomic E-state index is 0.0765. The summed E-state index contributed by atoms with van der Waals surface area (Å²) in [7, 11) is 0. The third-order valence-electron chi connectivity index (χ3n) is 9.22. The Morgan fingerprint density at radius 3 is 1.92 bits per heavy atom. The summed E-state index contributed by atoms with van der Waals surface area (Å²) in [4.78, 5) is 0. The van der Waals surface area contributed by atoms with Crippen molar-refractivity contribution in [3.63, 3.8) is 0 Å². The Kier molecular flexibility index (Phi) is 10.5. The minimum Gasteiger partial charge on any atom is -0.207 e. The summed E-state index contributed by atoms with van der Waals surface area (Å²) < 4.78 is 42.9. The maximum Gasteiger partial charge on any atom is 0.144 e. The Morgan fingerprint density at radius 1 is 0.763 bits per heavy atom. The summed E-state index contributed by atoms with van der Waals surface area (Å²) in [5.41, 5.74) is 2.06. The molecule has 4 heteroatoms. The molecule has 0 atom stereocenters. The largest absolute Gasteiger partial charge is 0.207 e. The summed E-state index contributed by atoms with van der Waals surface area (Å²) in [6.07, 6.45) is 19.8. The van der Waals surface area contributed by atoms with Crippen molar-refractivity contribution in [3.05, 3.63) is 82.2 Å². The highest BCUT2D eigenvalue weighted by Crippen LogP contribution is 2.39. The van der Waals surface area contributed by atoms with E-state index in [1.54, 1.807) is 12.1 Å². The number of nitriles is 1. The summed E-state index contributed by atoms with van der Waals surface area (Å²) in [5.74, 6) is 0.670. The second kappa shape index (κ2) is 14.0. The highest BCUT2D eigenvalue weighted by Gasteiger charge is 2.25. The molecule has 4 rings (SSSR count). The molecule has 0 saturated heterocycles. The van der Waals surface area contributed by atoms with E-state index >= 15 is 0 Å². The Labute approximate surface area is 227 Å². The van der Waals surface area contributed by atoms with Crippen LogP contribution in [0, 0.1) is 46.5 Å². The van der Waals surface area contributed by atoms with Crippen molar-refractivity contribution in [1.29, 1.82) is 5.26 Å². The lowest BCUT2D eigenvalue weighted by molar-refractivity contribution is 0.254. The lowest BCUT2D eigenvalue weighted by Gasteiger charge is -2.29. The SMILES string of the molecule is C/C=C/CCC1CCC(CCc2ccc(CCC3CCC(c4cc(F)c(C#N)c(F)c4)CC3)c(F)c2)CC1. The number of hydrogen-bond donors (Lipinski definition) is 0. The van der Waals surface area contributed by atoms with Crippen LogP contribution in [0.25, 0.3) is 0 Å². The van der Waals surface area contributed by atoms with Gasteiger partial charge in [0.15, 0.2) is 0 Å². The number of halogens is 3. The smallest absolute Gasteiger partial charge is 0.144 e. The molecule has 0 heterocycles. The second-order valence-electron chi connectivity index (χ2n) is 11.7. The Morgan fingerprint density at radius 2 is 1.34 bits per heavy atom. The third-order valence-corrected chi connectivity index (χ3v) is 9.22. The number of benzene rings is 2. The maximum absolute atomic E-state index is 14.9. The van der Waals surface area contributed by atoms with E-state index in [1.165, 1.54) is 50.7 Å². The molecule has 0 aromatic heterocycles. The van der Waals surface area contributed by atoms with E-state index in [4.69, 9.17) is 5.26 Å². The van der Waals surface area contributed by atoms with Crippen LogP contribution < -0.4 is 0 Å². The number of hydrogen-bond acceptors (Lipinski definition) is 1. The first-order valence-corrected chi connectivity index (χ1v) is 14.7. The van der Waals surface area contributed by atoms with Gasteiger partial charge < -0.3 is 0 Å². The van der Waals surface area contributed by atoms with Gasteiger partial charge in [0.2, 0.25) is 0 Å². The molecule has 38 heavy (non-hydrogen) atoms. The van der Waals surface area contributed by atoms with E-state index in [0.29, 0.717) is 11.5 Å². The van der Waals surface area contributed by atoms with Gasteiger partial charge in [-0.3, -0.25) is 0 Å². The molecule has 2 aliphatic rings. The fourth-order valence-corrected chi connectivity index (χ4v) is 6.71. The molecule has 0 spiro atoms. The fourth-order valence-electron chi connectivity index (χ4n) is 6.71. The highest BCUT2D eigenvalue weighted by atomic mass is 19.1. The van der Waals surface area contributed by atoms with Crippen molar-refractivity contribution in [3.8, 4) is 6.07 Å². The average molecular weight is 522 g/mol. The number of rotatable bonds is 10. The van der Waals surface area contributed by atoms with Gasteiger partial charge in [0.05, 0.1) is 0 Å². The Bertz CT molecular complexity index is 1090. The zero-order chi connectivity index (χ0) is 26.9. The summed E-state index contributed by atoms with van der Waals surface area (Å²) in [6, 6.07) is 10.1. The van der Waals surface area contributed by atoms with Crippen LogP contribution in [0.5, 0.6) is 0 Å². The molecule has 0 radical (unpaired) electrons. The van der Waals surface area contributed by atoms with Gasteiger partial charge in [-0.1, -0.05) is 50.0 Å². The van der Waals surface area contributed by atoms with E-state index in [2.05, 4.69) is 25.1 Å². The van der Waals surface area contributed by atoms with Crippen LogP contribution in [0.1, 0.15) is 112 Å². The van der Waals surface area contributed by atoms with E-state index in [9.17, 15) is 13.2 Å². The van der Waals surface area contributed by atoms with Crippen molar-refractivity contribution in [2.75, 3.05) is 0 Å². The van der Waals surface area contributed by atoms with Gasteiger partial charge in [-0.2, -0.15) is 5.26 Å². The first-order chi connectivity index (χ1) is 18.5. The summed E-state index contributed by atoms with van der Waals surface area (Å²) in [6.45, 7) is 2.09. The highest BCUT2D eigenvalue weighted by molar-refractivity contribution is 5.36. The monoisotopic (exact) mass is 521 g/mol. The van der Waals surface area contributed by atoms with E-state index < -0.39 is 17.2 Å². The van der Waals surface area contributed by atoms with Gasteiger partial charge in [0, 0.05) is 0 Å². The van der Waals surface area contributed by atoms with Gasteiger partial charge in [0.25, 0.3) is 0 Å². The molecule has 2 aromatic rings. The Balaban J connectivity index is 1.18. The van der Waals surface area contributed by atoms with Gasteiger partial charge in [-0.15, -0.1) is 0 Å². The summed E-state index contributed by atoms with van der Waals surface area (Å²) in [5, 5.41) is 8.88. The molecular formula is C34H42F3N. The first-order valence-electron chi connectivity index (χ1n) is 14.7. The number of nitrogens with zero attached hydrogens (tertiary/aromatic N) is 1. The maximum atomic E-state index is 14.9. The van der Waals surface area contributed by atoms with Crippen LogP contribution in [0.4, 0.5) is 13.2 Å². The van der Waals surface area contributed by atoms with E-state index in [0.717, 1.165) is 74.3 Å². The van der Waals surface area contributed by atoms with Crippen molar-refractivity contribution >= 4 is 0 Å². The molecule has 2 saturated carbocycles. The van der Waals surface area contributed by atoms with Crippen molar-refractivity contribution in [1.82, 2.24) is 0 Å². The Hall–Kier alpha value is -2.54. The number of allylic oxidation sites excluding steroid dienone is 2. The molecular weight excluding hydrogens is 479 g/mol. The second-order valence-corrected chi connectivity index (χ2v) is 11.7. The predicted octanol–water partition coefficient (Wildman–Crippen LogP) is 9.98. The average Bonchev–Trinajstić information content (AvgIpc) is 2.92. The lowest BCUT2D eigenvalue weighted by Crippen LogP contribution is -2.15. The molecule has 0 N–H and O–H groups in total. The zero-order valence-corrected chi connectivity index (χ0v) is 22.8. The lowest BCUT2D eigenvalue weighted by atomic mass is 9.76. The van der Waals surface area contributed by atoms with E-state index in [-0.39, 0.29) is 11.7 Å². The molecule has 0 amide bonds. The fraction of sp³-hybridized carbons (Fsp3) is 0.559. The third kappa shape index (κ3) is 7.75. The van der Waals surface area contributed by atoms with Crippen LogP contribution in [-0.2, 0) is 12.8 Å². The molecule has 2 aromatic carbocycles. The van der Waals surface area contributed by atoms with Gasteiger partial charge in [0.1, 0.15) is 29.1 Å². The predicted molar refractivity (Wildman–Crippen MR) is 148 cm³/mol. The molecule has 2 fully saturated rings. The van der Waals surface area contributed by atoms with E-state index in [1.807, 2.05) is 6.07 Å². The van der Waals surface area contributed by atoms with Crippen LogP contribution in [0.2, 0.25) is 0 Å². The first kappa shape index (κ1) is 28.5. The zero-order valence-electron chi connectivity index (χ0n) is 22.8. The van der Waals surface area contributed by atoms with Crippen molar-refractivity contribution < 1.29 is 13.2 Å². The van der Waals surface area contributed by atoms with Gasteiger partial charge in [-0.05, 0) is 130 Å². The van der Waals surface area contributed by atoms with Crippen molar-refractivity contribution in [2.24, 2.45) is 17.8 Å². The van der Waals surface area contributed by atoms with Gasteiger partial charge in [-0.25, -0.2) is 13.2 Å². The molecule has 1 nitrogen and oxygen atoms in total. The molecule has 204 valence electrons. The number of aryl methyl sites for hydroxylation is 2. The molecule has 0 bridgehead atoms. The molecule has 2 aliphatic carbocycles. The minimum atomic E-state index is -0.772. The normalized spacial score (nSPS) is 24.0. The standard InChI is InChI=1S/C34H42F3N/c1-2-3-4-5-24-6-8-25(9-7-24)10-11-27-15-19-29(32(35)20-27)18-14-26-12-16-28(17-13-26)30-21-33(36)31(23-38)34(37)22-30/h2-3,15,19-22,24-26,28H,4-14,16-18H2,1H3/b3-2+. The van der Waals surface area contributed by atoms with Crippen molar-refractivity contribution in [2.45, 2.75) is 103 Å². The van der Waals surface area contributed by atoms with Crippen LogP contribution in [0.3, 0.4) is 0 Å². The van der Waals surface area contributed by atoms with Crippen LogP contribution in [0.15, 0.2) is 42.5 Å².